The highest BCUT2D eigenvalue weighted by Gasteiger charge is 2.48. The molecule has 0 aliphatic heterocycles. The van der Waals surface area contributed by atoms with Crippen LogP contribution >= 0.6 is 0 Å². The van der Waals surface area contributed by atoms with Gasteiger partial charge in [-0.15, -0.1) is 0 Å². The van der Waals surface area contributed by atoms with Gasteiger partial charge in [-0.3, -0.25) is 51.1 Å². The quantitative estimate of drug-likeness (QED) is 0.0381. The first-order valence-electron chi connectivity index (χ1n) is 17.2. The number of aromatic nitrogens is 4. The second-order valence-corrected chi connectivity index (χ2v) is 13.4. The summed E-state index contributed by atoms with van der Waals surface area (Å²) in [5.74, 6) is -3.17. The monoisotopic (exact) mass is 828 g/mol. The Bertz CT molecular complexity index is 2060. The molecule has 0 saturated heterocycles. The van der Waals surface area contributed by atoms with E-state index in [0.29, 0.717) is 53.4 Å². The summed E-state index contributed by atoms with van der Waals surface area (Å²) in [7, 11) is 6.63. The fourth-order valence-corrected chi connectivity index (χ4v) is 5.89. The van der Waals surface area contributed by atoms with Gasteiger partial charge in [-0.1, -0.05) is 0 Å². The zero-order valence-corrected chi connectivity index (χ0v) is 33.1. The minimum absolute atomic E-state index is 0. The van der Waals surface area contributed by atoms with E-state index in [9.17, 15) is 28.8 Å². The number of nitrogens with two attached hydrogens (primary N) is 4. The van der Waals surface area contributed by atoms with Gasteiger partial charge in [0, 0.05) is 66.1 Å². The van der Waals surface area contributed by atoms with Crippen LogP contribution in [0.3, 0.4) is 0 Å². The summed E-state index contributed by atoms with van der Waals surface area (Å²) in [6, 6.07) is 6.08. The lowest BCUT2D eigenvalue weighted by molar-refractivity contribution is -0.122. The van der Waals surface area contributed by atoms with Crippen molar-refractivity contribution < 1.29 is 64.4 Å². The maximum Gasteiger partial charge on any atom is 0.272 e. The fourth-order valence-electron chi connectivity index (χ4n) is 5.89. The fraction of sp³-hybridized carbons (Fsp3) is 0.314. The molecule has 0 spiro atoms. The standard InChI is InChI=1S/C35H44N14O6.2ClH/c1-46-16-20(9-24(46)32(52)40-7-5-28(36)37)44-34(54)26-11-18(14-48(26)3)42-30(50)22-13-23(22)31(51)43-19-12-27(49(4)15-19)35(55)45-21-10-25(47(2)17-21)33(53)41-8-6-29(38)39;;/h9-12,14-17,22-23H,5-8,13H2,1-4H3,(H3,36,37)(H3,38,39)(H,40,52)(H,41,53)(H,42,50)(H,43,51)(H,44,54)(H,45,55);2*1H/t22-,23+;;. The van der Waals surface area contributed by atoms with E-state index in [2.05, 4.69) is 31.9 Å². The summed E-state index contributed by atoms with van der Waals surface area (Å²) in [4.78, 5) is 77.3. The van der Waals surface area contributed by atoms with Crippen molar-refractivity contribution in [2.45, 2.75) is 19.3 Å². The number of nitrogens with one attached hydrogen (secondary N) is 6. The van der Waals surface area contributed by atoms with Crippen molar-refractivity contribution in [1.29, 1.82) is 0 Å². The van der Waals surface area contributed by atoms with E-state index in [-0.39, 0.29) is 84.6 Å². The molecule has 6 amide bonds. The molecule has 20 nitrogen and oxygen atoms in total. The Morgan fingerprint density at radius 2 is 0.825 bits per heavy atom. The third kappa shape index (κ3) is 11.3. The minimum Gasteiger partial charge on any atom is -1.00 e. The Morgan fingerprint density at radius 3 is 1.12 bits per heavy atom. The number of hydrogen-bond acceptors (Lipinski definition) is 6. The number of amides is 6. The second-order valence-electron chi connectivity index (χ2n) is 13.4. The average Bonchev–Trinajstić information content (AvgIpc) is 3.24. The van der Waals surface area contributed by atoms with Crippen LogP contribution in [0, 0.1) is 11.8 Å². The van der Waals surface area contributed by atoms with Crippen LogP contribution in [-0.2, 0) is 37.8 Å². The lowest BCUT2D eigenvalue weighted by atomic mass is 10.2. The third-order valence-electron chi connectivity index (χ3n) is 8.86. The summed E-state index contributed by atoms with van der Waals surface area (Å²) in [5.41, 5.74) is 13.5. The highest BCUT2D eigenvalue weighted by Crippen LogP contribution is 2.40. The number of nitrogens with zero attached hydrogens (tertiary/aromatic N) is 4. The molecule has 22 heteroatoms. The molecule has 14 N–H and O–H groups in total. The van der Waals surface area contributed by atoms with Crippen molar-refractivity contribution >= 4 is 69.9 Å². The summed E-state index contributed by atoms with van der Waals surface area (Å²) in [5, 5.41) is 27.4. The molecular weight excluding hydrogens is 783 g/mol. The molecule has 5 rings (SSSR count). The number of anilines is 4. The molecule has 0 unspecified atom stereocenters. The largest absolute Gasteiger partial charge is 1.00 e. The Kier molecular flexibility index (Phi) is 14.8. The first-order valence-corrected chi connectivity index (χ1v) is 17.2. The van der Waals surface area contributed by atoms with Gasteiger partial charge in [0.1, 0.15) is 22.8 Å². The zero-order chi connectivity index (χ0) is 40.1. The van der Waals surface area contributed by atoms with E-state index in [0.717, 1.165) is 0 Å². The average molecular weight is 830 g/mol. The second kappa shape index (κ2) is 18.9. The zero-order valence-electron chi connectivity index (χ0n) is 31.6. The first kappa shape index (κ1) is 44.9. The Morgan fingerprint density at radius 1 is 0.544 bits per heavy atom. The van der Waals surface area contributed by atoms with E-state index in [1.165, 1.54) is 24.3 Å². The van der Waals surface area contributed by atoms with Gasteiger partial charge >= 0.3 is 0 Å². The predicted octanol–water partition coefficient (Wildman–Crippen LogP) is -8.76. The summed E-state index contributed by atoms with van der Waals surface area (Å²) in [6.07, 6.45) is 7.32. The van der Waals surface area contributed by atoms with Gasteiger partial charge < -0.3 is 75.0 Å². The normalized spacial score (nSPS) is 13.9. The van der Waals surface area contributed by atoms with Crippen molar-refractivity contribution in [2.75, 3.05) is 34.4 Å². The van der Waals surface area contributed by atoms with Crippen LogP contribution in [-0.4, -0.2) is 78.5 Å². The molecule has 1 aliphatic carbocycles. The van der Waals surface area contributed by atoms with Crippen molar-refractivity contribution in [3.63, 3.8) is 0 Å². The number of hydrogen-bond donors (Lipinski definition) is 10. The van der Waals surface area contributed by atoms with Crippen molar-refractivity contribution in [2.24, 2.45) is 51.5 Å². The van der Waals surface area contributed by atoms with Crippen LogP contribution in [0.2, 0.25) is 0 Å². The van der Waals surface area contributed by atoms with Crippen LogP contribution in [0.25, 0.3) is 0 Å². The molecule has 4 aromatic rings. The molecule has 1 fully saturated rings. The molecule has 4 heterocycles. The SMILES string of the molecule is Cn1cc(NC(=O)c2cc(NC(=O)[C@H]3C[C@H]3C(=O)Nc3cc(C(=O)Nc4cc(C(=O)NCCC(N)=[NH2+])n(C)c4)n(C)c3)cn2C)cc1C(=O)NCCC(N)=[NH2+].[Cl-].[Cl-]. The molecule has 2 atom stereocenters. The van der Waals surface area contributed by atoms with E-state index >= 15 is 0 Å². The molecule has 1 aliphatic rings. The summed E-state index contributed by atoms with van der Waals surface area (Å²) in [6.45, 7) is 0.531. The molecule has 0 radical (unpaired) electrons. The number of halogens is 2. The van der Waals surface area contributed by atoms with Gasteiger partial charge in [0.2, 0.25) is 23.5 Å². The number of rotatable bonds is 16. The lowest BCUT2D eigenvalue weighted by Gasteiger charge is -2.04. The molecule has 57 heavy (non-hydrogen) atoms. The van der Waals surface area contributed by atoms with E-state index in [1.54, 1.807) is 71.2 Å². The molecular formula is C35H46Cl2N14O6. The Labute approximate surface area is 339 Å². The van der Waals surface area contributed by atoms with Crippen molar-refractivity contribution in [1.82, 2.24) is 28.9 Å². The Balaban J connectivity index is 0.00000435. The summed E-state index contributed by atoms with van der Waals surface area (Å²) < 4.78 is 6.23. The van der Waals surface area contributed by atoms with Crippen LogP contribution < -0.4 is 79.0 Å². The third-order valence-corrected chi connectivity index (χ3v) is 8.86. The molecule has 0 bridgehead atoms. The molecule has 306 valence electrons. The number of carbonyl (C=O) groups is 6. The highest BCUT2D eigenvalue weighted by molar-refractivity contribution is 6.08. The van der Waals surface area contributed by atoms with Gasteiger partial charge in [0.05, 0.1) is 47.4 Å². The molecule has 4 aromatic heterocycles. The smallest absolute Gasteiger partial charge is 0.272 e. The minimum atomic E-state index is -0.590. The van der Waals surface area contributed by atoms with Crippen LogP contribution in [0.1, 0.15) is 61.2 Å². The van der Waals surface area contributed by atoms with Crippen LogP contribution in [0.15, 0.2) is 49.1 Å². The van der Waals surface area contributed by atoms with Gasteiger partial charge in [-0.05, 0) is 30.7 Å². The van der Waals surface area contributed by atoms with Gasteiger partial charge in [-0.2, -0.15) is 0 Å². The first-order chi connectivity index (χ1) is 26.0. The molecule has 1 saturated carbocycles. The lowest BCUT2D eigenvalue weighted by Crippen LogP contribution is -3.00. The van der Waals surface area contributed by atoms with Gasteiger partial charge in [0.15, 0.2) is 0 Å². The van der Waals surface area contributed by atoms with Gasteiger partial charge in [0.25, 0.3) is 23.6 Å². The van der Waals surface area contributed by atoms with Crippen LogP contribution in [0.4, 0.5) is 22.7 Å². The predicted molar refractivity (Wildman–Crippen MR) is 203 cm³/mol. The number of carbonyl (C=O) groups excluding carboxylic acids is 6. The van der Waals surface area contributed by atoms with E-state index in [4.69, 9.17) is 22.3 Å². The summed E-state index contributed by atoms with van der Waals surface area (Å²) >= 11 is 0. The topological polar surface area (TPSA) is 298 Å². The van der Waals surface area contributed by atoms with E-state index < -0.39 is 23.7 Å². The Hall–Kier alpha value is -6.54. The van der Waals surface area contributed by atoms with Gasteiger partial charge in [-0.25, -0.2) is 0 Å². The maximum atomic E-state index is 13.1. The van der Waals surface area contributed by atoms with Crippen molar-refractivity contribution in [3.8, 4) is 0 Å². The number of amidine groups is 2. The highest BCUT2D eigenvalue weighted by atomic mass is 35.5. The molecule has 0 aromatic carbocycles. The maximum absolute atomic E-state index is 13.1. The number of aryl methyl sites for hydroxylation is 4. The van der Waals surface area contributed by atoms with Crippen LogP contribution in [0.5, 0.6) is 0 Å². The van der Waals surface area contributed by atoms with E-state index in [1.807, 2.05) is 0 Å². The van der Waals surface area contributed by atoms with Crippen molar-refractivity contribution in [3.05, 3.63) is 71.8 Å².